The van der Waals surface area contributed by atoms with Gasteiger partial charge in [0.25, 0.3) is 0 Å². The number of sulfonamides is 1. The normalized spacial score (nSPS) is 11.1. The number of nitrogens with one attached hydrogen (secondary N) is 1. The molecule has 19 heavy (non-hydrogen) atoms. The van der Waals surface area contributed by atoms with Crippen molar-refractivity contribution >= 4 is 16.0 Å². The molecule has 0 fully saturated rings. The Morgan fingerprint density at radius 3 is 2.37 bits per heavy atom. The Kier molecular flexibility index (Phi) is 4.73. The molecule has 0 bridgehead atoms. The second-order valence-corrected chi connectivity index (χ2v) is 5.46. The van der Waals surface area contributed by atoms with Crippen molar-refractivity contribution in [3.63, 3.8) is 0 Å². The van der Waals surface area contributed by atoms with Gasteiger partial charge in [-0.1, -0.05) is 0 Å². The van der Waals surface area contributed by atoms with Crippen molar-refractivity contribution in [2.45, 2.75) is 11.3 Å². The summed E-state index contributed by atoms with van der Waals surface area (Å²) in [5.74, 6) is -0.874. The maximum Gasteiger partial charge on any atom is 0.307 e. The van der Waals surface area contributed by atoms with E-state index >= 15 is 0 Å². The maximum absolute atomic E-state index is 11.9. The summed E-state index contributed by atoms with van der Waals surface area (Å²) in [6.45, 7) is 0. The van der Waals surface area contributed by atoms with Crippen LogP contribution in [0.2, 0.25) is 0 Å². The van der Waals surface area contributed by atoms with Gasteiger partial charge in [0.2, 0.25) is 10.0 Å². The molecule has 0 atom stereocenters. The maximum atomic E-state index is 11.9. The zero-order chi connectivity index (χ0) is 14.6. The molecular formula is C11H15NO6S. The number of methoxy groups -OCH3 is 2. The summed E-state index contributed by atoms with van der Waals surface area (Å²) in [7, 11) is 0.130. The summed E-state index contributed by atoms with van der Waals surface area (Å²) in [6.07, 6.45) is -0.313. The van der Waals surface area contributed by atoms with Crippen LogP contribution in [0.1, 0.15) is 5.56 Å². The van der Waals surface area contributed by atoms with Crippen molar-refractivity contribution in [1.29, 1.82) is 0 Å². The predicted molar refractivity (Wildman–Crippen MR) is 67.1 cm³/mol. The standard InChI is InChI=1S/C11H15NO6S/c1-12-19(15,16)9-5-7(6-10(13)14)4-8(17-2)11(9)18-3/h4-5,12H,6H2,1-3H3,(H,13,14). The van der Waals surface area contributed by atoms with Crippen LogP contribution in [0.15, 0.2) is 17.0 Å². The van der Waals surface area contributed by atoms with Crippen molar-refractivity contribution in [1.82, 2.24) is 4.72 Å². The molecule has 0 saturated heterocycles. The molecule has 0 saturated carbocycles. The van der Waals surface area contributed by atoms with Crippen LogP contribution in [0, 0.1) is 0 Å². The molecule has 1 rings (SSSR count). The molecule has 0 aliphatic carbocycles. The summed E-state index contributed by atoms with van der Waals surface area (Å²) in [6, 6.07) is 2.68. The largest absolute Gasteiger partial charge is 0.493 e. The molecule has 1 aromatic carbocycles. The highest BCUT2D eigenvalue weighted by Crippen LogP contribution is 2.35. The summed E-state index contributed by atoms with van der Waals surface area (Å²) >= 11 is 0. The second-order valence-electron chi connectivity index (χ2n) is 3.61. The van der Waals surface area contributed by atoms with Gasteiger partial charge < -0.3 is 14.6 Å². The molecule has 106 valence electrons. The van der Waals surface area contributed by atoms with Gasteiger partial charge in [-0.05, 0) is 24.7 Å². The molecule has 0 aromatic heterocycles. The number of hydrogen-bond donors (Lipinski definition) is 2. The van der Waals surface area contributed by atoms with E-state index in [1.165, 1.54) is 33.4 Å². The van der Waals surface area contributed by atoms with E-state index in [9.17, 15) is 13.2 Å². The highest BCUT2D eigenvalue weighted by atomic mass is 32.2. The number of carboxylic acids is 1. The molecule has 0 spiro atoms. The second kappa shape index (κ2) is 5.89. The van der Waals surface area contributed by atoms with Crippen LogP contribution in [0.3, 0.4) is 0 Å². The zero-order valence-electron chi connectivity index (χ0n) is 10.8. The van der Waals surface area contributed by atoms with Crippen LogP contribution in [-0.4, -0.2) is 40.8 Å². The Bertz CT molecular complexity index is 581. The van der Waals surface area contributed by atoms with Crippen LogP contribution in [-0.2, 0) is 21.2 Å². The van der Waals surface area contributed by atoms with Gasteiger partial charge >= 0.3 is 5.97 Å². The molecule has 1 aromatic rings. The van der Waals surface area contributed by atoms with Gasteiger partial charge in [-0.3, -0.25) is 4.79 Å². The lowest BCUT2D eigenvalue weighted by atomic mass is 10.1. The average Bonchev–Trinajstić information content (AvgIpc) is 2.36. The van der Waals surface area contributed by atoms with Crippen molar-refractivity contribution in [2.75, 3.05) is 21.3 Å². The summed E-state index contributed by atoms with van der Waals surface area (Å²) in [5.41, 5.74) is 0.305. The van der Waals surface area contributed by atoms with E-state index in [4.69, 9.17) is 14.6 Å². The Labute approximate surface area is 111 Å². The first-order chi connectivity index (χ1) is 8.85. The zero-order valence-corrected chi connectivity index (χ0v) is 11.6. The van der Waals surface area contributed by atoms with E-state index in [2.05, 4.69) is 4.72 Å². The van der Waals surface area contributed by atoms with Gasteiger partial charge in [-0.2, -0.15) is 0 Å². The fourth-order valence-corrected chi connectivity index (χ4v) is 2.52. The van der Waals surface area contributed by atoms with Gasteiger partial charge in [0, 0.05) is 0 Å². The molecule has 7 nitrogen and oxygen atoms in total. The third-order valence-electron chi connectivity index (χ3n) is 2.42. The first-order valence-electron chi connectivity index (χ1n) is 5.26. The fourth-order valence-electron chi connectivity index (χ4n) is 1.57. The van der Waals surface area contributed by atoms with Crippen molar-refractivity contribution in [2.24, 2.45) is 0 Å². The van der Waals surface area contributed by atoms with Gasteiger partial charge in [0.05, 0.1) is 20.6 Å². The van der Waals surface area contributed by atoms with Gasteiger partial charge in [0.1, 0.15) is 4.90 Å². The third kappa shape index (κ3) is 3.36. The van der Waals surface area contributed by atoms with Crippen LogP contribution in [0.4, 0.5) is 0 Å². The van der Waals surface area contributed by atoms with E-state index in [0.717, 1.165) is 0 Å². The van der Waals surface area contributed by atoms with E-state index in [-0.39, 0.29) is 22.8 Å². The number of rotatable bonds is 6. The molecule has 0 heterocycles. The lowest BCUT2D eigenvalue weighted by Gasteiger charge is -2.14. The van der Waals surface area contributed by atoms with Gasteiger partial charge in [0.15, 0.2) is 11.5 Å². The van der Waals surface area contributed by atoms with Crippen molar-refractivity contribution in [3.8, 4) is 11.5 Å². The minimum atomic E-state index is -3.78. The first kappa shape index (κ1) is 15.3. The fraction of sp³-hybridized carbons (Fsp3) is 0.364. The summed E-state index contributed by atoms with van der Waals surface area (Å²) in [5, 5.41) is 8.77. The highest BCUT2D eigenvalue weighted by molar-refractivity contribution is 7.89. The Morgan fingerprint density at radius 2 is 1.95 bits per heavy atom. The minimum Gasteiger partial charge on any atom is -0.493 e. The summed E-state index contributed by atoms with van der Waals surface area (Å²) < 4.78 is 36.0. The van der Waals surface area contributed by atoms with E-state index in [1.54, 1.807) is 0 Å². The van der Waals surface area contributed by atoms with Crippen LogP contribution in [0.25, 0.3) is 0 Å². The van der Waals surface area contributed by atoms with Gasteiger partial charge in [-0.25, -0.2) is 13.1 Å². The van der Waals surface area contributed by atoms with Crippen LogP contribution < -0.4 is 14.2 Å². The number of hydrogen-bond acceptors (Lipinski definition) is 5. The quantitative estimate of drug-likeness (QED) is 0.777. The van der Waals surface area contributed by atoms with Crippen LogP contribution in [0.5, 0.6) is 11.5 Å². The van der Waals surface area contributed by atoms with E-state index in [0.29, 0.717) is 5.56 Å². The molecule has 0 unspecified atom stereocenters. The molecule has 0 aliphatic heterocycles. The SMILES string of the molecule is CNS(=O)(=O)c1cc(CC(=O)O)cc(OC)c1OC. The molecule has 0 aliphatic rings. The smallest absolute Gasteiger partial charge is 0.307 e. The van der Waals surface area contributed by atoms with E-state index < -0.39 is 16.0 Å². The number of ether oxygens (including phenoxy) is 2. The molecule has 0 amide bonds. The Morgan fingerprint density at radius 1 is 1.32 bits per heavy atom. The number of carbonyl (C=O) groups is 1. The van der Waals surface area contributed by atoms with Crippen molar-refractivity contribution < 1.29 is 27.8 Å². The lowest BCUT2D eigenvalue weighted by molar-refractivity contribution is -0.136. The van der Waals surface area contributed by atoms with Crippen LogP contribution >= 0.6 is 0 Å². The Balaban J connectivity index is 3.53. The number of benzene rings is 1. The number of carboxylic acid groups (broad SMARTS) is 1. The minimum absolute atomic E-state index is 0.0333. The third-order valence-corrected chi connectivity index (χ3v) is 3.84. The molecular weight excluding hydrogens is 274 g/mol. The Hall–Kier alpha value is -1.80. The topological polar surface area (TPSA) is 102 Å². The molecule has 8 heteroatoms. The predicted octanol–water partition coefficient (Wildman–Crippen LogP) is 0.239. The highest BCUT2D eigenvalue weighted by Gasteiger charge is 2.23. The van der Waals surface area contributed by atoms with Crippen molar-refractivity contribution in [3.05, 3.63) is 17.7 Å². The average molecular weight is 289 g/mol. The molecule has 2 N–H and O–H groups in total. The monoisotopic (exact) mass is 289 g/mol. The summed E-state index contributed by atoms with van der Waals surface area (Å²) in [4.78, 5) is 10.6. The molecule has 0 radical (unpaired) electrons. The number of aliphatic carboxylic acids is 1. The van der Waals surface area contributed by atoms with Gasteiger partial charge in [-0.15, -0.1) is 0 Å². The van der Waals surface area contributed by atoms with E-state index in [1.807, 2.05) is 0 Å². The lowest BCUT2D eigenvalue weighted by Crippen LogP contribution is -2.20. The first-order valence-corrected chi connectivity index (χ1v) is 6.74.